The summed E-state index contributed by atoms with van der Waals surface area (Å²) < 4.78 is 44.1. The van der Waals surface area contributed by atoms with Gasteiger partial charge in [0.2, 0.25) is 0 Å². The van der Waals surface area contributed by atoms with Gasteiger partial charge < -0.3 is 9.84 Å². The van der Waals surface area contributed by atoms with Crippen molar-refractivity contribution in [2.75, 3.05) is 6.61 Å². The van der Waals surface area contributed by atoms with Crippen LogP contribution in [0.4, 0.5) is 23.7 Å². The predicted octanol–water partition coefficient (Wildman–Crippen LogP) is 2.41. The molecule has 0 fully saturated rings. The van der Waals surface area contributed by atoms with Crippen LogP contribution < -0.4 is 0 Å². The number of alkyl halides is 3. The number of hydrazone groups is 1. The Morgan fingerprint density at radius 3 is 2.75 bits per heavy atom. The van der Waals surface area contributed by atoms with Crippen molar-refractivity contribution >= 4 is 17.5 Å². The van der Waals surface area contributed by atoms with Crippen molar-refractivity contribution in [1.82, 2.24) is 5.01 Å². The minimum atomic E-state index is -5.20. The average Bonchev–Trinajstić information content (AvgIpc) is 2.87. The number of carbonyl (C=O) groups is 1. The Kier molecular flexibility index (Phi) is 4.47. The average molecular weight is 347 g/mol. The Morgan fingerprint density at radius 2 is 2.21 bits per heavy atom. The van der Waals surface area contributed by atoms with Gasteiger partial charge >= 0.3 is 12.3 Å². The molecule has 0 aliphatic carbocycles. The molecule has 0 unspecified atom stereocenters. The van der Waals surface area contributed by atoms with E-state index in [2.05, 4.69) is 9.84 Å². The molecule has 11 heteroatoms. The third-order valence-corrected chi connectivity index (χ3v) is 3.27. The standard InChI is InChI=1S/C13H12F3N3O5/c1-2-24-11(20)18-12(21,13(14,15)16)7-10(17-18)8-4-3-5-9(6-8)19(22)23/h3-6,21H,2,7H2,1H3/t12-/m0/s1. The number of non-ortho nitro benzene ring substituents is 1. The van der Waals surface area contributed by atoms with Gasteiger partial charge in [-0.1, -0.05) is 12.1 Å². The molecule has 8 nitrogen and oxygen atoms in total. The molecule has 1 aromatic rings. The maximum absolute atomic E-state index is 13.2. The smallest absolute Gasteiger partial charge is 0.439 e. The number of benzene rings is 1. The second kappa shape index (κ2) is 6.07. The third-order valence-electron chi connectivity index (χ3n) is 3.27. The molecule has 0 saturated carbocycles. The fraction of sp³-hybridized carbons (Fsp3) is 0.385. The number of ether oxygens (including phenoxy) is 1. The van der Waals surface area contributed by atoms with Crippen LogP contribution >= 0.6 is 0 Å². The first-order valence-electron chi connectivity index (χ1n) is 6.68. The molecule has 1 aliphatic rings. The normalized spacial score (nSPS) is 20.7. The summed E-state index contributed by atoms with van der Waals surface area (Å²) in [6, 6.07) is 4.70. The molecule has 2 rings (SSSR count). The molecule has 1 amide bonds. The minimum absolute atomic E-state index is 0.0151. The molecule has 0 radical (unpaired) electrons. The Balaban J connectivity index is 2.46. The second-order valence-electron chi connectivity index (χ2n) is 4.86. The lowest BCUT2D eigenvalue weighted by Gasteiger charge is -2.31. The maximum Gasteiger partial charge on any atom is 0.439 e. The van der Waals surface area contributed by atoms with E-state index in [0.29, 0.717) is 0 Å². The highest BCUT2D eigenvalue weighted by Gasteiger charge is 2.64. The molecule has 1 aliphatic heterocycles. The Morgan fingerprint density at radius 1 is 1.54 bits per heavy atom. The summed E-state index contributed by atoms with van der Waals surface area (Å²) in [6.45, 7) is 1.16. The number of hydrogen-bond acceptors (Lipinski definition) is 6. The number of nitro benzene ring substituents is 1. The SMILES string of the molecule is CCOC(=O)N1N=C(c2cccc([N+](=O)[O-])c2)C[C@]1(O)C(F)(F)F. The van der Waals surface area contributed by atoms with Crippen LogP contribution in [0, 0.1) is 10.1 Å². The lowest BCUT2D eigenvalue weighted by atomic mass is 10.0. The van der Waals surface area contributed by atoms with Crippen LogP contribution in [-0.2, 0) is 4.74 Å². The molecule has 0 saturated heterocycles. The molecule has 1 N–H and O–H groups in total. The molecule has 0 bridgehead atoms. The van der Waals surface area contributed by atoms with E-state index in [1.54, 1.807) is 0 Å². The van der Waals surface area contributed by atoms with Gasteiger partial charge in [-0.05, 0) is 6.92 Å². The van der Waals surface area contributed by atoms with Gasteiger partial charge in [0.05, 0.1) is 23.7 Å². The van der Waals surface area contributed by atoms with Crippen molar-refractivity contribution < 1.29 is 32.7 Å². The van der Waals surface area contributed by atoms with E-state index < -0.39 is 29.3 Å². The van der Waals surface area contributed by atoms with E-state index in [9.17, 15) is 33.2 Å². The summed E-state index contributed by atoms with van der Waals surface area (Å²) in [5, 5.41) is 24.0. The molecule has 1 heterocycles. The molecule has 24 heavy (non-hydrogen) atoms. The minimum Gasteiger partial charge on any atom is -0.448 e. The molecule has 1 atom stereocenters. The van der Waals surface area contributed by atoms with Crippen LogP contribution in [0.5, 0.6) is 0 Å². The zero-order valence-electron chi connectivity index (χ0n) is 12.3. The van der Waals surface area contributed by atoms with E-state index >= 15 is 0 Å². The van der Waals surface area contributed by atoms with E-state index in [-0.39, 0.29) is 28.6 Å². The van der Waals surface area contributed by atoms with E-state index in [1.807, 2.05) is 0 Å². The van der Waals surface area contributed by atoms with Gasteiger partial charge in [-0.15, -0.1) is 0 Å². The van der Waals surface area contributed by atoms with Crippen molar-refractivity contribution in [3.63, 3.8) is 0 Å². The summed E-state index contributed by atoms with van der Waals surface area (Å²) in [4.78, 5) is 21.7. The molecule has 0 aromatic heterocycles. The van der Waals surface area contributed by atoms with Crippen LogP contribution in [0.2, 0.25) is 0 Å². The first-order chi connectivity index (χ1) is 11.1. The van der Waals surface area contributed by atoms with Crippen molar-refractivity contribution in [2.45, 2.75) is 25.2 Å². The van der Waals surface area contributed by atoms with Crippen molar-refractivity contribution in [3.05, 3.63) is 39.9 Å². The van der Waals surface area contributed by atoms with Crippen LogP contribution in [-0.4, -0.2) is 45.4 Å². The number of rotatable bonds is 3. The Labute approximate surface area is 133 Å². The van der Waals surface area contributed by atoms with Crippen molar-refractivity contribution in [1.29, 1.82) is 0 Å². The van der Waals surface area contributed by atoms with Gasteiger partial charge in [-0.2, -0.15) is 23.3 Å². The Hall–Kier alpha value is -2.69. The first-order valence-corrected chi connectivity index (χ1v) is 6.68. The highest BCUT2D eigenvalue weighted by molar-refractivity contribution is 6.03. The van der Waals surface area contributed by atoms with Crippen LogP contribution in [0.1, 0.15) is 18.9 Å². The van der Waals surface area contributed by atoms with Crippen LogP contribution in [0.15, 0.2) is 29.4 Å². The molecule has 0 spiro atoms. The highest BCUT2D eigenvalue weighted by Crippen LogP contribution is 2.41. The second-order valence-corrected chi connectivity index (χ2v) is 4.86. The van der Waals surface area contributed by atoms with Gasteiger partial charge in [0, 0.05) is 17.7 Å². The van der Waals surface area contributed by atoms with E-state index in [1.165, 1.54) is 19.1 Å². The van der Waals surface area contributed by atoms with Crippen LogP contribution in [0.3, 0.4) is 0 Å². The van der Waals surface area contributed by atoms with Crippen LogP contribution in [0.25, 0.3) is 0 Å². The number of nitrogens with zero attached hydrogens (tertiary/aromatic N) is 3. The van der Waals surface area contributed by atoms with Gasteiger partial charge in [-0.3, -0.25) is 10.1 Å². The predicted molar refractivity (Wildman–Crippen MR) is 74.1 cm³/mol. The number of halogens is 3. The zero-order chi connectivity index (χ0) is 18.1. The largest absolute Gasteiger partial charge is 0.448 e. The summed E-state index contributed by atoms with van der Waals surface area (Å²) >= 11 is 0. The van der Waals surface area contributed by atoms with Gasteiger partial charge in [0.15, 0.2) is 0 Å². The number of carbonyl (C=O) groups excluding carboxylic acids is 1. The quantitative estimate of drug-likeness (QED) is 0.668. The summed E-state index contributed by atoms with van der Waals surface area (Å²) in [7, 11) is 0. The van der Waals surface area contributed by atoms with Crippen molar-refractivity contribution in [2.24, 2.45) is 5.10 Å². The zero-order valence-corrected chi connectivity index (χ0v) is 12.3. The summed E-state index contributed by atoms with van der Waals surface area (Å²) in [5.41, 5.74) is -4.29. The third kappa shape index (κ3) is 3.02. The number of nitro groups is 1. The fourth-order valence-corrected chi connectivity index (χ4v) is 2.10. The monoisotopic (exact) mass is 347 g/mol. The van der Waals surface area contributed by atoms with Gasteiger partial charge in [0.1, 0.15) is 0 Å². The molecular formula is C13H12F3N3O5. The number of hydrogen-bond donors (Lipinski definition) is 1. The topological polar surface area (TPSA) is 105 Å². The molecule has 130 valence electrons. The first kappa shape index (κ1) is 17.7. The van der Waals surface area contributed by atoms with Gasteiger partial charge in [0.25, 0.3) is 11.4 Å². The maximum atomic E-state index is 13.2. The summed E-state index contributed by atoms with van der Waals surface area (Å²) in [5.74, 6) is 0. The number of aliphatic hydroxyl groups is 1. The fourth-order valence-electron chi connectivity index (χ4n) is 2.10. The van der Waals surface area contributed by atoms with Gasteiger partial charge in [-0.25, -0.2) is 4.79 Å². The molecular weight excluding hydrogens is 335 g/mol. The Bertz CT molecular complexity index is 706. The summed E-state index contributed by atoms with van der Waals surface area (Å²) in [6.07, 6.45) is -7.75. The molecule has 1 aromatic carbocycles. The van der Waals surface area contributed by atoms with E-state index in [4.69, 9.17) is 0 Å². The van der Waals surface area contributed by atoms with Crippen molar-refractivity contribution in [3.8, 4) is 0 Å². The lowest BCUT2D eigenvalue weighted by Crippen LogP contribution is -2.56. The lowest BCUT2D eigenvalue weighted by molar-refractivity contribution is -0.384. The number of amides is 1. The highest BCUT2D eigenvalue weighted by atomic mass is 19.4. The van der Waals surface area contributed by atoms with E-state index in [0.717, 1.165) is 12.1 Å².